The Labute approximate surface area is 188 Å². The molecule has 32 heavy (non-hydrogen) atoms. The molecule has 0 atom stereocenters. The van der Waals surface area contributed by atoms with Crippen molar-refractivity contribution in [2.45, 2.75) is 39.7 Å². The van der Waals surface area contributed by atoms with Gasteiger partial charge in [-0.15, -0.1) is 11.3 Å². The first kappa shape index (κ1) is 20.6. The summed E-state index contributed by atoms with van der Waals surface area (Å²) in [5.41, 5.74) is 5.23. The van der Waals surface area contributed by atoms with Gasteiger partial charge in [-0.2, -0.15) is 9.49 Å². The summed E-state index contributed by atoms with van der Waals surface area (Å²) in [5.74, 6) is -1.09. The molecule has 0 radical (unpaired) electrons. The first-order chi connectivity index (χ1) is 15.3. The van der Waals surface area contributed by atoms with Crippen LogP contribution in [0.25, 0.3) is 21.3 Å². The van der Waals surface area contributed by atoms with E-state index in [1.807, 2.05) is 18.2 Å². The minimum atomic E-state index is -0.941. The van der Waals surface area contributed by atoms with E-state index in [9.17, 15) is 14.3 Å². The normalized spacial score (nSPS) is 15.0. The number of carboxylic acids is 1. The third-order valence-corrected chi connectivity index (χ3v) is 7.17. The molecule has 0 fully saturated rings. The van der Waals surface area contributed by atoms with Gasteiger partial charge in [0.1, 0.15) is 5.82 Å². The number of rotatable bonds is 5. The zero-order valence-electron chi connectivity index (χ0n) is 17.8. The van der Waals surface area contributed by atoms with Gasteiger partial charge in [0.2, 0.25) is 5.95 Å². The molecule has 4 aromatic rings. The molecule has 3 N–H and O–H groups in total. The highest BCUT2D eigenvalue weighted by Gasteiger charge is 2.29. The predicted octanol–water partition coefficient (Wildman–Crippen LogP) is 5.65. The van der Waals surface area contributed by atoms with Gasteiger partial charge in [0.15, 0.2) is 0 Å². The highest BCUT2D eigenvalue weighted by atomic mass is 32.1. The van der Waals surface area contributed by atoms with Crippen molar-refractivity contribution in [3.05, 3.63) is 64.0 Å². The SMILES string of the molecule is CC1(C)CCc2c(-c3cc(F)nc(NCc4cccc5c(C(=O)O)csc45)c3)n[nH]c2C1. The van der Waals surface area contributed by atoms with Gasteiger partial charge in [0.05, 0.1) is 11.3 Å². The molecule has 8 heteroatoms. The highest BCUT2D eigenvalue weighted by Crippen LogP contribution is 2.38. The van der Waals surface area contributed by atoms with E-state index in [2.05, 4.69) is 34.3 Å². The topological polar surface area (TPSA) is 90.9 Å². The Bertz CT molecular complexity index is 1340. The molecule has 0 amide bonds. The summed E-state index contributed by atoms with van der Waals surface area (Å²) in [4.78, 5) is 15.4. The molecule has 0 saturated carbocycles. The van der Waals surface area contributed by atoms with Crippen molar-refractivity contribution < 1.29 is 14.3 Å². The van der Waals surface area contributed by atoms with Crippen LogP contribution in [0.2, 0.25) is 0 Å². The van der Waals surface area contributed by atoms with E-state index in [1.165, 1.54) is 17.4 Å². The Hall–Kier alpha value is -3.26. The van der Waals surface area contributed by atoms with Crippen molar-refractivity contribution in [2.75, 3.05) is 5.32 Å². The third-order valence-electron chi connectivity index (χ3n) is 6.10. The van der Waals surface area contributed by atoms with E-state index in [4.69, 9.17) is 0 Å². The standard InChI is InChI=1S/C24H23FN4O2S/c1-24(2)7-6-16-18(10-24)28-29-21(16)14-8-19(25)27-20(9-14)26-11-13-4-3-5-15-17(23(30)31)12-32-22(13)15/h3-5,8-9,12H,6-7,10-11H2,1-2H3,(H,26,27)(H,28,29)(H,30,31). The van der Waals surface area contributed by atoms with Crippen LogP contribution in [0.5, 0.6) is 0 Å². The van der Waals surface area contributed by atoms with Crippen molar-refractivity contribution in [3.63, 3.8) is 0 Å². The van der Waals surface area contributed by atoms with Gasteiger partial charge >= 0.3 is 5.97 Å². The average molecular weight is 451 g/mol. The summed E-state index contributed by atoms with van der Waals surface area (Å²) in [5, 5.41) is 22.6. The smallest absolute Gasteiger partial charge is 0.337 e. The highest BCUT2D eigenvalue weighted by molar-refractivity contribution is 7.17. The summed E-state index contributed by atoms with van der Waals surface area (Å²) in [6.45, 7) is 4.90. The number of carboxylic acid groups (broad SMARTS) is 1. The maximum absolute atomic E-state index is 14.4. The number of thiophene rings is 1. The number of anilines is 1. The zero-order chi connectivity index (χ0) is 22.5. The summed E-state index contributed by atoms with van der Waals surface area (Å²) in [6, 6.07) is 8.81. The summed E-state index contributed by atoms with van der Waals surface area (Å²) >= 11 is 1.39. The van der Waals surface area contributed by atoms with Gasteiger partial charge in [-0.1, -0.05) is 32.0 Å². The first-order valence-electron chi connectivity index (χ1n) is 10.5. The van der Waals surface area contributed by atoms with Crippen LogP contribution < -0.4 is 5.32 Å². The molecule has 0 unspecified atom stereocenters. The minimum Gasteiger partial charge on any atom is -0.478 e. The Morgan fingerprint density at radius 1 is 1.34 bits per heavy atom. The monoisotopic (exact) mass is 450 g/mol. The van der Waals surface area contributed by atoms with Crippen LogP contribution in [-0.4, -0.2) is 26.3 Å². The maximum Gasteiger partial charge on any atom is 0.337 e. The van der Waals surface area contributed by atoms with Gasteiger partial charge in [0, 0.05) is 44.9 Å². The number of carbonyl (C=O) groups is 1. The van der Waals surface area contributed by atoms with Crippen LogP contribution in [0.4, 0.5) is 10.2 Å². The van der Waals surface area contributed by atoms with Crippen LogP contribution >= 0.6 is 11.3 Å². The maximum atomic E-state index is 14.4. The minimum absolute atomic E-state index is 0.232. The molecule has 0 aliphatic heterocycles. The Morgan fingerprint density at radius 2 is 2.19 bits per heavy atom. The van der Waals surface area contributed by atoms with Crippen LogP contribution in [0.1, 0.15) is 47.4 Å². The Balaban J connectivity index is 1.42. The number of nitrogens with zero attached hydrogens (tertiary/aromatic N) is 2. The second-order valence-corrected chi connectivity index (χ2v) is 9.92. The van der Waals surface area contributed by atoms with Gasteiger partial charge in [-0.3, -0.25) is 5.10 Å². The van der Waals surface area contributed by atoms with Crippen molar-refractivity contribution in [1.82, 2.24) is 15.2 Å². The molecule has 5 rings (SSSR count). The molecule has 6 nitrogen and oxygen atoms in total. The third kappa shape index (κ3) is 3.75. The number of H-pyrrole nitrogens is 1. The van der Waals surface area contributed by atoms with Crippen LogP contribution in [0, 0.1) is 11.4 Å². The second kappa shape index (κ2) is 7.70. The summed E-state index contributed by atoms with van der Waals surface area (Å²) < 4.78 is 15.3. The van der Waals surface area contributed by atoms with Gasteiger partial charge in [-0.05, 0) is 36.3 Å². The van der Waals surface area contributed by atoms with E-state index >= 15 is 0 Å². The lowest BCUT2D eigenvalue weighted by Gasteiger charge is -2.29. The van der Waals surface area contributed by atoms with E-state index in [0.717, 1.165) is 46.5 Å². The molecular weight excluding hydrogens is 427 g/mol. The van der Waals surface area contributed by atoms with Crippen molar-refractivity contribution in [1.29, 1.82) is 0 Å². The number of aromatic nitrogens is 3. The fourth-order valence-corrected chi connectivity index (χ4v) is 5.48. The van der Waals surface area contributed by atoms with Crippen molar-refractivity contribution in [2.24, 2.45) is 5.41 Å². The van der Waals surface area contributed by atoms with Crippen molar-refractivity contribution >= 4 is 33.2 Å². The number of fused-ring (bicyclic) bond motifs is 2. The second-order valence-electron chi connectivity index (χ2n) is 9.04. The Morgan fingerprint density at radius 3 is 3.00 bits per heavy atom. The molecule has 1 aromatic carbocycles. The van der Waals surface area contributed by atoms with E-state index in [0.29, 0.717) is 28.9 Å². The van der Waals surface area contributed by atoms with Crippen molar-refractivity contribution in [3.8, 4) is 11.3 Å². The number of pyridine rings is 1. The molecule has 0 spiro atoms. The lowest BCUT2D eigenvalue weighted by Crippen LogP contribution is -2.21. The number of nitrogens with one attached hydrogen (secondary N) is 2. The largest absolute Gasteiger partial charge is 0.478 e. The van der Waals surface area contributed by atoms with Crippen LogP contribution in [-0.2, 0) is 19.4 Å². The zero-order valence-corrected chi connectivity index (χ0v) is 18.6. The fourth-order valence-electron chi connectivity index (χ4n) is 4.42. The summed E-state index contributed by atoms with van der Waals surface area (Å²) in [7, 11) is 0. The molecule has 3 heterocycles. The number of hydrogen-bond donors (Lipinski definition) is 3. The number of aromatic carboxylic acids is 1. The fraction of sp³-hybridized carbons (Fsp3) is 0.292. The van der Waals surface area contributed by atoms with Gasteiger partial charge in [0.25, 0.3) is 0 Å². The lowest BCUT2D eigenvalue weighted by molar-refractivity contribution is 0.0699. The predicted molar refractivity (Wildman–Crippen MR) is 124 cm³/mol. The van der Waals surface area contributed by atoms with Crippen LogP contribution in [0.3, 0.4) is 0 Å². The van der Waals surface area contributed by atoms with E-state index in [1.54, 1.807) is 11.4 Å². The molecule has 0 bridgehead atoms. The first-order valence-corrected chi connectivity index (χ1v) is 11.4. The summed E-state index contributed by atoms with van der Waals surface area (Å²) in [6.07, 6.45) is 2.90. The number of hydrogen-bond acceptors (Lipinski definition) is 5. The van der Waals surface area contributed by atoms with E-state index < -0.39 is 11.9 Å². The van der Waals surface area contributed by atoms with Gasteiger partial charge < -0.3 is 10.4 Å². The number of benzene rings is 1. The van der Waals surface area contributed by atoms with Crippen LogP contribution in [0.15, 0.2) is 35.7 Å². The van der Waals surface area contributed by atoms with E-state index in [-0.39, 0.29) is 5.41 Å². The molecule has 1 aliphatic rings. The lowest BCUT2D eigenvalue weighted by atomic mass is 9.76. The Kier molecular flexibility index (Phi) is 4.97. The molecule has 0 saturated heterocycles. The molecule has 1 aliphatic carbocycles. The molecule has 164 valence electrons. The average Bonchev–Trinajstić information content (AvgIpc) is 3.35. The quantitative estimate of drug-likeness (QED) is 0.342. The molecular formula is C24H23FN4O2S. The number of aromatic amines is 1. The molecule has 3 aromatic heterocycles. The number of halogens is 1. The van der Waals surface area contributed by atoms with Gasteiger partial charge in [-0.25, -0.2) is 9.78 Å².